The fourth-order valence-corrected chi connectivity index (χ4v) is 5.24. The Bertz CT molecular complexity index is 985. The first-order valence-electron chi connectivity index (χ1n) is 9.97. The molecule has 0 spiro atoms. The highest BCUT2D eigenvalue weighted by Crippen LogP contribution is 2.46. The number of fused-ring (bicyclic) bond motifs is 4. The molecular formula is C22H25FN4. The van der Waals surface area contributed by atoms with Gasteiger partial charge in [0.2, 0.25) is 0 Å². The molecule has 0 aromatic carbocycles. The second-order valence-corrected chi connectivity index (χ2v) is 8.37. The summed E-state index contributed by atoms with van der Waals surface area (Å²) in [5, 5.41) is 4.52. The van der Waals surface area contributed by atoms with E-state index in [0.717, 1.165) is 39.9 Å². The maximum Gasteiger partial charge on any atom is 0.142 e. The van der Waals surface area contributed by atoms with Crippen molar-refractivity contribution in [2.75, 3.05) is 5.32 Å². The zero-order chi connectivity index (χ0) is 18.5. The first-order chi connectivity index (χ1) is 13.1. The monoisotopic (exact) mass is 364 g/mol. The molecule has 3 fully saturated rings. The zero-order valence-electron chi connectivity index (χ0n) is 15.8. The summed E-state index contributed by atoms with van der Waals surface area (Å²) in [6.45, 7) is 4.47. The van der Waals surface area contributed by atoms with Crippen molar-refractivity contribution in [1.82, 2.24) is 15.0 Å². The number of H-pyrrole nitrogens is 1. The van der Waals surface area contributed by atoms with Crippen LogP contribution in [0.5, 0.6) is 0 Å². The van der Waals surface area contributed by atoms with Crippen molar-refractivity contribution in [3.63, 3.8) is 0 Å². The van der Waals surface area contributed by atoms with Crippen LogP contribution in [0, 0.1) is 30.5 Å². The van der Waals surface area contributed by atoms with Crippen molar-refractivity contribution in [3.05, 3.63) is 42.0 Å². The molecule has 0 unspecified atom stereocenters. The quantitative estimate of drug-likeness (QED) is 0.662. The van der Waals surface area contributed by atoms with Crippen molar-refractivity contribution in [2.45, 2.75) is 45.6 Å². The van der Waals surface area contributed by atoms with Gasteiger partial charge in [-0.25, -0.2) is 14.4 Å². The highest BCUT2D eigenvalue weighted by atomic mass is 19.1. The van der Waals surface area contributed by atoms with Gasteiger partial charge >= 0.3 is 0 Å². The minimum absolute atomic E-state index is 0.332. The number of aromatic nitrogens is 3. The third-order valence-corrected chi connectivity index (χ3v) is 6.69. The molecule has 3 heterocycles. The van der Waals surface area contributed by atoms with E-state index in [1.807, 2.05) is 6.20 Å². The Kier molecular flexibility index (Phi) is 3.92. The molecule has 140 valence electrons. The van der Waals surface area contributed by atoms with E-state index in [0.29, 0.717) is 17.6 Å². The van der Waals surface area contributed by atoms with Gasteiger partial charge in [-0.15, -0.1) is 0 Å². The lowest BCUT2D eigenvalue weighted by atomic mass is 9.62. The van der Waals surface area contributed by atoms with Gasteiger partial charge in [-0.2, -0.15) is 0 Å². The number of rotatable bonds is 3. The van der Waals surface area contributed by atoms with Crippen LogP contribution < -0.4 is 5.32 Å². The molecule has 27 heavy (non-hydrogen) atoms. The fourth-order valence-electron chi connectivity index (χ4n) is 5.24. The lowest BCUT2D eigenvalue weighted by Gasteiger charge is -2.47. The van der Waals surface area contributed by atoms with E-state index >= 15 is 0 Å². The summed E-state index contributed by atoms with van der Waals surface area (Å²) >= 11 is 0. The molecule has 2 bridgehead atoms. The van der Waals surface area contributed by atoms with Crippen molar-refractivity contribution >= 4 is 16.9 Å². The maximum atomic E-state index is 13.7. The van der Waals surface area contributed by atoms with Gasteiger partial charge in [-0.05, 0) is 74.1 Å². The van der Waals surface area contributed by atoms with Crippen molar-refractivity contribution in [1.29, 1.82) is 0 Å². The van der Waals surface area contributed by atoms with Crippen molar-refractivity contribution in [3.8, 4) is 11.3 Å². The van der Waals surface area contributed by atoms with Gasteiger partial charge in [-0.1, -0.05) is 6.92 Å². The number of hydrogen-bond acceptors (Lipinski definition) is 3. The van der Waals surface area contributed by atoms with Gasteiger partial charge in [0.05, 0.1) is 11.9 Å². The molecule has 3 saturated carbocycles. The topological polar surface area (TPSA) is 53.6 Å². The molecule has 5 heteroatoms. The molecule has 2 atom stereocenters. The van der Waals surface area contributed by atoms with Gasteiger partial charge in [0.15, 0.2) is 0 Å². The molecule has 2 N–H and O–H groups in total. The number of halogens is 1. The SMILES string of the molecule is Cc1cc(N[C@H]2C3CCC(CC3)[C@@H]2C)nc(-c2c[nH]c3ncc(F)cc23)c1. The molecular weight excluding hydrogens is 339 g/mol. The second kappa shape index (κ2) is 6.32. The molecule has 3 aliphatic carbocycles. The lowest BCUT2D eigenvalue weighted by molar-refractivity contribution is 0.0928. The van der Waals surface area contributed by atoms with Crippen LogP contribution in [0.15, 0.2) is 30.6 Å². The van der Waals surface area contributed by atoms with Crippen LogP contribution in [0.4, 0.5) is 10.2 Å². The van der Waals surface area contributed by atoms with Gasteiger partial charge < -0.3 is 10.3 Å². The van der Waals surface area contributed by atoms with E-state index < -0.39 is 0 Å². The Morgan fingerprint density at radius 2 is 1.89 bits per heavy atom. The van der Waals surface area contributed by atoms with Crippen LogP contribution in [-0.2, 0) is 0 Å². The standard InChI is InChI=1S/C22H25FN4/c1-12-7-19(18-11-25-22-17(18)9-16(23)10-24-22)26-20(8-12)27-21-13(2)14-3-5-15(21)6-4-14/h7-11,13-15,21H,3-6H2,1-2H3,(H,24,25)(H,26,27)/t13-,14?,15?,21+/m0/s1. The molecule has 3 aromatic rings. The van der Waals surface area contributed by atoms with Gasteiger partial charge in [-0.3, -0.25) is 0 Å². The Morgan fingerprint density at radius 1 is 1.11 bits per heavy atom. The van der Waals surface area contributed by atoms with Gasteiger partial charge in [0, 0.05) is 23.2 Å². The summed E-state index contributed by atoms with van der Waals surface area (Å²) in [5.74, 6) is 2.88. The number of aromatic amines is 1. The number of nitrogens with one attached hydrogen (secondary N) is 2. The van der Waals surface area contributed by atoms with Crippen LogP contribution in [0.2, 0.25) is 0 Å². The molecule has 6 rings (SSSR count). The van der Waals surface area contributed by atoms with E-state index in [1.54, 1.807) is 0 Å². The summed E-state index contributed by atoms with van der Waals surface area (Å²) in [6.07, 6.45) is 8.53. The highest BCUT2D eigenvalue weighted by molar-refractivity contribution is 5.92. The van der Waals surface area contributed by atoms with Crippen molar-refractivity contribution < 1.29 is 4.39 Å². The highest BCUT2D eigenvalue weighted by Gasteiger charge is 2.41. The van der Waals surface area contributed by atoms with Gasteiger partial charge in [0.25, 0.3) is 0 Å². The van der Waals surface area contributed by atoms with Crippen LogP contribution in [-0.4, -0.2) is 21.0 Å². The van der Waals surface area contributed by atoms with Crippen molar-refractivity contribution in [2.24, 2.45) is 17.8 Å². The average Bonchev–Trinajstić information content (AvgIpc) is 3.07. The average molecular weight is 364 g/mol. The summed E-state index contributed by atoms with van der Waals surface area (Å²) in [4.78, 5) is 12.1. The first-order valence-corrected chi connectivity index (χ1v) is 9.97. The molecule has 3 aliphatic rings. The summed E-state index contributed by atoms with van der Waals surface area (Å²) < 4.78 is 13.7. The van der Waals surface area contributed by atoms with Crippen LogP contribution in [0.1, 0.15) is 38.2 Å². The molecule has 0 amide bonds. The lowest BCUT2D eigenvalue weighted by Crippen LogP contribution is -2.47. The van der Waals surface area contributed by atoms with Crippen LogP contribution >= 0.6 is 0 Å². The van der Waals surface area contributed by atoms with E-state index in [-0.39, 0.29) is 5.82 Å². The Morgan fingerprint density at radius 3 is 2.67 bits per heavy atom. The maximum absolute atomic E-state index is 13.7. The molecule has 0 aliphatic heterocycles. The first kappa shape index (κ1) is 16.7. The summed E-state index contributed by atoms with van der Waals surface area (Å²) in [5.41, 5.74) is 3.57. The second-order valence-electron chi connectivity index (χ2n) is 8.37. The zero-order valence-corrected chi connectivity index (χ0v) is 15.8. The summed E-state index contributed by atoms with van der Waals surface area (Å²) in [7, 11) is 0. The fraction of sp³-hybridized carbons (Fsp3) is 0.455. The predicted molar refractivity (Wildman–Crippen MR) is 106 cm³/mol. The minimum atomic E-state index is -0.332. The van der Waals surface area contributed by atoms with Crippen LogP contribution in [0.25, 0.3) is 22.3 Å². The third kappa shape index (κ3) is 2.89. The Hall–Kier alpha value is -2.43. The number of anilines is 1. The normalized spacial score (nSPS) is 27.2. The van der Waals surface area contributed by atoms with E-state index in [4.69, 9.17) is 4.98 Å². The smallest absolute Gasteiger partial charge is 0.142 e. The number of nitrogens with zero attached hydrogens (tertiary/aromatic N) is 2. The summed E-state index contributed by atoms with van der Waals surface area (Å²) in [6, 6.07) is 6.19. The number of aryl methyl sites for hydroxylation is 1. The molecule has 4 nitrogen and oxygen atoms in total. The minimum Gasteiger partial charge on any atom is -0.367 e. The van der Waals surface area contributed by atoms with E-state index in [1.165, 1.54) is 37.9 Å². The Labute approximate surface area is 158 Å². The van der Waals surface area contributed by atoms with E-state index in [9.17, 15) is 4.39 Å². The molecule has 3 aromatic heterocycles. The number of pyridine rings is 2. The Balaban J connectivity index is 1.50. The third-order valence-electron chi connectivity index (χ3n) is 6.69. The molecule has 0 saturated heterocycles. The van der Waals surface area contributed by atoms with Gasteiger partial charge in [0.1, 0.15) is 17.3 Å². The predicted octanol–water partition coefficient (Wildman–Crippen LogP) is 5.31. The largest absolute Gasteiger partial charge is 0.367 e. The number of hydrogen-bond donors (Lipinski definition) is 2. The van der Waals surface area contributed by atoms with Crippen LogP contribution in [0.3, 0.4) is 0 Å². The van der Waals surface area contributed by atoms with E-state index in [2.05, 4.69) is 41.3 Å². The molecule has 0 radical (unpaired) electrons.